The Bertz CT molecular complexity index is 929. The molecule has 0 spiro atoms. The van der Waals surface area contributed by atoms with Gasteiger partial charge in [0.05, 0.1) is 20.4 Å². The van der Waals surface area contributed by atoms with Gasteiger partial charge in [-0.1, -0.05) is 29.8 Å². The van der Waals surface area contributed by atoms with E-state index < -0.39 is 11.9 Å². The summed E-state index contributed by atoms with van der Waals surface area (Å²) < 4.78 is 10.8. The zero-order valence-corrected chi connectivity index (χ0v) is 18.7. The number of benzene rings is 2. The molecular formula is C21H24BrN3O5. The van der Waals surface area contributed by atoms with Crippen molar-refractivity contribution in [2.45, 2.75) is 19.9 Å². The van der Waals surface area contributed by atoms with E-state index in [2.05, 4.69) is 31.8 Å². The fourth-order valence-corrected chi connectivity index (χ4v) is 3.04. The summed E-state index contributed by atoms with van der Waals surface area (Å²) in [7, 11) is 2.97. The van der Waals surface area contributed by atoms with Gasteiger partial charge in [-0.3, -0.25) is 9.59 Å². The summed E-state index contributed by atoms with van der Waals surface area (Å²) in [4.78, 5) is 25.1. The average Bonchev–Trinajstić information content (AvgIpc) is 2.73. The minimum absolute atomic E-state index is 0.105. The standard InChI is InChI=1S/C21H24BrN3O5/c1-12(2)18(24-20(27)13-5-7-16(29-3)8-6-13)21(28)25-23-11-14-9-15(22)10-17(30-4)19(14)26/h5-12,18,26H,1-4H3,(H,24,27)(H,25,28). The number of nitrogens with one attached hydrogen (secondary N) is 2. The summed E-state index contributed by atoms with van der Waals surface area (Å²) in [5.41, 5.74) is 3.16. The number of phenols is 1. The summed E-state index contributed by atoms with van der Waals surface area (Å²) in [6.45, 7) is 3.63. The van der Waals surface area contributed by atoms with Gasteiger partial charge in [0, 0.05) is 15.6 Å². The van der Waals surface area contributed by atoms with Crippen LogP contribution in [0.15, 0.2) is 46.0 Å². The van der Waals surface area contributed by atoms with Crippen molar-refractivity contribution in [2.75, 3.05) is 14.2 Å². The van der Waals surface area contributed by atoms with E-state index in [4.69, 9.17) is 9.47 Å². The Morgan fingerprint density at radius 2 is 1.80 bits per heavy atom. The summed E-state index contributed by atoms with van der Waals surface area (Å²) in [6, 6.07) is 9.00. The van der Waals surface area contributed by atoms with Crippen molar-refractivity contribution in [3.8, 4) is 17.2 Å². The number of rotatable bonds is 8. The molecule has 0 heterocycles. The predicted octanol–water partition coefficient (Wildman–Crippen LogP) is 3.08. The van der Waals surface area contributed by atoms with E-state index >= 15 is 0 Å². The molecule has 160 valence electrons. The molecule has 9 heteroatoms. The zero-order chi connectivity index (χ0) is 22.3. The molecule has 1 unspecified atom stereocenters. The minimum Gasteiger partial charge on any atom is -0.504 e. The molecule has 2 aromatic rings. The number of nitrogens with zero attached hydrogens (tertiary/aromatic N) is 1. The first-order chi connectivity index (χ1) is 14.3. The number of carbonyl (C=O) groups excluding carboxylic acids is 2. The monoisotopic (exact) mass is 477 g/mol. The van der Waals surface area contributed by atoms with Gasteiger partial charge in [-0.25, -0.2) is 5.43 Å². The summed E-state index contributed by atoms with van der Waals surface area (Å²) >= 11 is 3.31. The van der Waals surface area contributed by atoms with E-state index in [0.29, 0.717) is 21.3 Å². The second-order valence-corrected chi connectivity index (χ2v) is 7.62. The molecule has 2 aromatic carbocycles. The quantitative estimate of drug-likeness (QED) is 0.399. The van der Waals surface area contributed by atoms with Crippen LogP contribution in [0, 0.1) is 5.92 Å². The van der Waals surface area contributed by atoms with Crippen molar-refractivity contribution in [3.63, 3.8) is 0 Å². The first-order valence-electron chi connectivity index (χ1n) is 9.11. The summed E-state index contributed by atoms with van der Waals surface area (Å²) in [5.74, 6) is -0.251. The van der Waals surface area contributed by atoms with E-state index in [9.17, 15) is 14.7 Å². The van der Waals surface area contributed by atoms with Gasteiger partial charge in [0.1, 0.15) is 11.8 Å². The number of amides is 2. The average molecular weight is 478 g/mol. The molecule has 0 saturated heterocycles. The van der Waals surface area contributed by atoms with Crippen LogP contribution in [0.1, 0.15) is 29.8 Å². The van der Waals surface area contributed by atoms with Crippen molar-refractivity contribution in [1.29, 1.82) is 0 Å². The van der Waals surface area contributed by atoms with Crippen LogP contribution < -0.4 is 20.2 Å². The highest BCUT2D eigenvalue weighted by Crippen LogP contribution is 2.32. The lowest BCUT2D eigenvalue weighted by Gasteiger charge is -2.20. The van der Waals surface area contributed by atoms with Gasteiger partial charge in [-0.2, -0.15) is 5.10 Å². The molecule has 8 nitrogen and oxygen atoms in total. The number of hydrazone groups is 1. The van der Waals surface area contributed by atoms with Gasteiger partial charge in [0.2, 0.25) is 0 Å². The fraction of sp³-hybridized carbons (Fsp3) is 0.286. The number of ether oxygens (including phenoxy) is 2. The van der Waals surface area contributed by atoms with Crippen LogP contribution in [0.5, 0.6) is 17.2 Å². The molecule has 1 atom stereocenters. The van der Waals surface area contributed by atoms with E-state index in [-0.39, 0.29) is 23.3 Å². The second kappa shape index (κ2) is 10.6. The molecule has 0 aliphatic carbocycles. The molecule has 3 N–H and O–H groups in total. The van der Waals surface area contributed by atoms with Crippen molar-refractivity contribution in [1.82, 2.24) is 10.7 Å². The van der Waals surface area contributed by atoms with E-state index in [1.54, 1.807) is 43.5 Å². The molecule has 0 bridgehead atoms. The van der Waals surface area contributed by atoms with Gasteiger partial charge in [0.25, 0.3) is 11.8 Å². The third kappa shape index (κ3) is 5.96. The second-order valence-electron chi connectivity index (χ2n) is 6.70. The van der Waals surface area contributed by atoms with Gasteiger partial charge in [0.15, 0.2) is 11.5 Å². The number of methoxy groups -OCH3 is 2. The molecule has 0 radical (unpaired) electrons. The number of phenolic OH excluding ortho intramolecular Hbond substituents is 1. The summed E-state index contributed by atoms with van der Waals surface area (Å²) in [5, 5.41) is 16.8. The first-order valence-corrected chi connectivity index (χ1v) is 9.90. The van der Waals surface area contributed by atoms with Gasteiger partial charge in [-0.05, 0) is 42.3 Å². The van der Waals surface area contributed by atoms with Crippen molar-refractivity contribution < 1.29 is 24.2 Å². The summed E-state index contributed by atoms with van der Waals surface area (Å²) in [6.07, 6.45) is 1.29. The Balaban J connectivity index is 2.07. The van der Waals surface area contributed by atoms with Crippen LogP contribution in [0.25, 0.3) is 0 Å². The SMILES string of the molecule is COc1ccc(C(=O)NC(C(=O)NN=Cc2cc(Br)cc(OC)c2O)C(C)C)cc1. The smallest absolute Gasteiger partial charge is 0.262 e. The number of aromatic hydroxyl groups is 1. The maximum atomic E-state index is 12.6. The fourth-order valence-electron chi connectivity index (χ4n) is 2.59. The maximum absolute atomic E-state index is 12.6. The molecule has 0 saturated carbocycles. The number of hydrogen-bond acceptors (Lipinski definition) is 6. The third-order valence-electron chi connectivity index (χ3n) is 4.26. The normalized spacial score (nSPS) is 11.9. The van der Waals surface area contributed by atoms with Crippen LogP contribution in [-0.2, 0) is 4.79 Å². The highest BCUT2D eigenvalue weighted by molar-refractivity contribution is 9.10. The lowest BCUT2D eigenvalue weighted by atomic mass is 10.0. The topological polar surface area (TPSA) is 109 Å². The Morgan fingerprint density at radius 1 is 1.13 bits per heavy atom. The molecule has 0 aliphatic heterocycles. The van der Waals surface area contributed by atoms with Crippen molar-refractivity contribution in [3.05, 3.63) is 52.0 Å². The molecule has 30 heavy (non-hydrogen) atoms. The highest BCUT2D eigenvalue weighted by Gasteiger charge is 2.24. The molecule has 2 amide bonds. The Morgan fingerprint density at radius 3 is 2.37 bits per heavy atom. The number of carbonyl (C=O) groups is 2. The Hall–Kier alpha value is -3.07. The van der Waals surface area contributed by atoms with Crippen molar-refractivity contribution in [2.24, 2.45) is 11.0 Å². The van der Waals surface area contributed by atoms with Gasteiger partial charge < -0.3 is 19.9 Å². The van der Waals surface area contributed by atoms with E-state index in [1.807, 2.05) is 13.8 Å². The Labute approximate surface area is 183 Å². The zero-order valence-electron chi connectivity index (χ0n) is 17.1. The lowest BCUT2D eigenvalue weighted by Crippen LogP contribution is -2.48. The molecule has 0 aliphatic rings. The highest BCUT2D eigenvalue weighted by atomic mass is 79.9. The molecule has 2 rings (SSSR count). The largest absolute Gasteiger partial charge is 0.504 e. The van der Waals surface area contributed by atoms with Crippen LogP contribution in [0.3, 0.4) is 0 Å². The minimum atomic E-state index is -0.803. The number of hydrogen-bond donors (Lipinski definition) is 3. The van der Waals surface area contributed by atoms with Crippen LogP contribution in [-0.4, -0.2) is 43.4 Å². The molecular weight excluding hydrogens is 454 g/mol. The van der Waals surface area contributed by atoms with Gasteiger partial charge >= 0.3 is 0 Å². The Kier molecular flexibility index (Phi) is 8.23. The van der Waals surface area contributed by atoms with E-state index in [1.165, 1.54) is 13.3 Å². The number of halogens is 1. The lowest BCUT2D eigenvalue weighted by molar-refractivity contribution is -0.123. The van der Waals surface area contributed by atoms with Crippen molar-refractivity contribution >= 4 is 34.0 Å². The maximum Gasteiger partial charge on any atom is 0.262 e. The third-order valence-corrected chi connectivity index (χ3v) is 4.71. The van der Waals surface area contributed by atoms with Gasteiger partial charge in [-0.15, -0.1) is 0 Å². The molecule has 0 aromatic heterocycles. The molecule has 0 fully saturated rings. The van der Waals surface area contributed by atoms with Crippen LogP contribution in [0.2, 0.25) is 0 Å². The predicted molar refractivity (Wildman–Crippen MR) is 117 cm³/mol. The van der Waals surface area contributed by atoms with E-state index in [0.717, 1.165) is 0 Å². The van der Waals surface area contributed by atoms with Crippen LogP contribution in [0.4, 0.5) is 0 Å². The van der Waals surface area contributed by atoms with Crippen LogP contribution >= 0.6 is 15.9 Å². The first kappa shape index (κ1) is 23.2.